The third-order valence-corrected chi connectivity index (χ3v) is 3.29. The van der Waals surface area contributed by atoms with E-state index >= 15 is 0 Å². The molecule has 2 N–H and O–H groups in total. The van der Waals surface area contributed by atoms with Crippen LogP contribution in [-0.4, -0.2) is 17.5 Å². The van der Waals surface area contributed by atoms with Crippen LogP contribution in [0.15, 0.2) is 30.3 Å². The van der Waals surface area contributed by atoms with Gasteiger partial charge in [-0.05, 0) is 19.1 Å². The average molecular weight is 245 g/mol. The molecule has 0 aromatic heterocycles. The Bertz CT molecular complexity index is 301. The molecule has 0 saturated carbocycles. The predicted octanol–water partition coefficient (Wildman–Crippen LogP) is 3.25. The minimum Gasteiger partial charge on any atom is -0.328 e. The minimum absolute atomic E-state index is 0.0813. The highest BCUT2D eigenvalue weighted by molar-refractivity contribution is 7.99. The largest absolute Gasteiger partial charge is 0.328 e. The monoisotopic (exact) mass is 245 g/mol. The lowest BCUT2D eigenvalue weighted by molar-refractivity contribution is 0.0232. The van der Waals surface area contributed by atoms with Gasteiger partial charge in [-0.15, -0.1) is 0 Å². The van der Waals surface area contributed by atoms with Crippen LogP contribution in [0.25, 0.3) is 0 Å². The molecule has 0 amide bonds. The van der Waals surface area contributed by atoms with Crippen LogP contribution in [0.1, 0.15) is 18.9 Å². The Balaban J connectivity index is 2.40. The molecule has 1 nitrogen and oxygen atoms in total. The molecule has 1 unspecified atom stereocenters. The quantitative estimate of drug-likeness (QED) is 0.779. The van der Waals surface area contributed by atoms with Gasteiger partial charge in [-0.3, -0.25) is 0 Å². The zero-order chi connectivity index (χ0) is 12.0. The Labute approximate surface area is 99.4 Å². The van der Waals surface area contributed by atoms with E-state index in [1.165, 1.54) is 23.9 Å². The van der Waals surface area contributed by atoms with E-state index in [9.17, 15) is 8.78 Å². The number of alkyl halides is 2. The number of hydrogen-bond acceptors (Lipinski definition) is 2. The van der Waals surface area contributed by atoms with Crippen LogP contribution in [0.3, 0.4) is 0 Å². The lowest BCUT2D eigenvalue weighted by Gasteiger charge is -2.16. The summed E-state index contributed by atoms with van der Waals surface area (Å²) in [4.78, 5) is 0. The van der Waals surface area contributed by atoms with Gasteiger partial charge >= 0.3 is 0 Å². The summed E-state index contributed by atoms with van der Waals surface area (Å²) in [5.74, 6) is -2.24. The highest BCUT2D eigenvalue weighted by Gasteiger charge is 2.30. The molecule has 0 bridgehead atoms. The highest BCUT2D eigenvalue weighted by Crippen LogP contribution is 2.31. The first-order chi connectivity index (χ1) is 7.52. The zero-order valence-corrected chi connectivity index (χ0v) is 10.1. The van der Waals surface area contributed by atoms with Crippen LogP contribution in [0.2, 0.25) is 0 Å². The van der Waals surface area contributed by atoms with Crippen LogP contribution < -0.4 is 5.73 Å². The van der Waals surface area contributed by atoms with Gasteiger partial charge in [0.2, 0.25) is 0 Å². The second-order valence-electron chi connectivity index (χ2n) is 3.89. The van der Waals surface area contributed by atoms with E-state index in [0.717, 1.165) is 6.42 Å². The summed E-state index contributed by atoms with van der Waals surface area (Å²) in [6, 6.07) is 8.02. The molecule has 0 heterocycles. The van der Waals surface area contributed by atoms with E-state index in [1.807, 2.05) is 6.92 Å². The van der Waals surface area contributed by atoms with Crippen molar-refractivity contribution in [1.29, 1.82) is 0 Å². The molecule has 0 spiro atoms. The van der Waals surface area contributed by atoms with Gasteiger partial charge in [0.15, 0.2) is 0 Å². The van der Waals surface area contributed by atoms with Gasteiger partial charge < -0.3 is 5.73 Å². The van der Waals surface area contributed by atoms with Crippen molar-refractivity contribution in [3.63, 3.8) is 0 Å². The molecule has 0 aliphatic rings. The number of hydrogen-bond donors (Lipinski definition) is 1. The Hall–Kier alpha value is -0.610. The van der Waals surface area contributed by atoms with Crippen LogP contribution >= 0.6 is 11.8 Å². The Morgan fingerprint density at radius 3 is 2.50 bits per heavy atom. The van der Waals surface area contributed by atoms with Crippen molar-refractivity contribution in [2.45, 2.75) is 25.3 Å². The lowest BCUT2D eigenvalue weighted by atomic mass is 10.1. The van der Waals surface area contributed by atoms with Crippen molar-refractivity contribution in [1.82, 2.24) is 0 Å². The van der Waals surface area contributed by atoms with Crippen molar-refractivity contribution in [3.8, 4) is 0 Å². The molecule has 0 saturated heterocycles. The molecule has 0 fully saturated rings. The van der Waals surface area contributed by atoms with Crippen LogP contribution in [0.5, 0.6) is 0 Å². The number of nitrogens with two attached hydrogens (primary N) is 1. The number of thioether (sulfide) groups is 1. The predicted molar refractivity (Wildman–Crippen MR) is 65.9 cm³/mol. The fraction of sp³-hybridized carbons (Fsp3) is 0.500. The molecular weight excluding hydrogens is 228 g/mol. The zero-order valence-electron chi connectivity index (χ0n) is 9.33. The molecule has 0 radical (unpaired) electrons. The van der Waals surface area contributed by atoms with E-state index in [0.29, 0.717) is 5.75 Å². The number of halogens is 2. The smallest absolute Gasteiger partial charge is 0.282 e. The van der Waals surface area contributed by atoms with Gasteiger partial charge in [0.05, 0.1) is 5.75 Å². The maximum atomic E-state index is 13.6. The first-order valence-corrected chi connectivity index (χ1v) is 6.44. The van der Waals surface area contributed by atoms with Crippen molar-refractivity contribution >= 4 is 11.8 Å². The van der Waals surface area contributed by atoms with Gasteiger partial charge in [-0.2, -0.15) is 11.8 Å². The molecule has 90 valence electrons. The van der Waals surface area contributed by atoms with Gasteiger partial charge in [0.1, 0.15) is 0 Å². The normalized spacial score (nSPS) is 13.8. The van der Waals surface area contributed by atoms with Gasteiger partial charge in [0.25, 0.3) is 5.92 Å². The summed E-state index contributed by atoms with van der Waals surface area (Å²) < 4.78 is 27.3. The Morgan fingerprint density at radius 1 is 1.31 bits per heavy atom. The third kappa shape index (κ3) is 4.49. The topological polar surface area (TPSA) is 26.0 Å². The molecule has 16 heavy (non-hydrogen) atoms. The molecule has 1 aromatic carbocycles. The summed E-state index contributed by atoms with van der Waals surface area (Å²) in [6.45, 7) is 1.88. The number of rotatable bonds is 6. The third-order valence-electron chi connectivity index (χ3n) is 2.20. The lowest BCUT2D eigenvalue weighted by Crippen LogP contribution is -2.19. The standard InChI is InChI=1S/C12H17F2NS/c1-10(15)7-8-16-9-12(13,14)11-5-3-2-4-6-11/h2-6,10H,7-9,15H2,1H3. The molecular formula is C12H17F2NS. The number of benzene rings is 1. The van der Waals surface area contributed by atoms with Gasteiger partial charge in [0, 0.05) is 11.6 Å². The summed E-state index contributed by atoms with van der Waals surface area (Å²) in [6.07, 6.45) is 0.773. The fourth-order valence-electron chi connectivity index (χ4n) is 1.23. The Morgan fingerprint density at radius 2 is 1.94 bits per heavy atom. The van der Waals surface area contributed by atoms with Gasteiger partial charge in [-0.25, -0.2) is 8.78 Å². The Kier molecular flexibility index (Phi) is 5.22. The molecule has 1 rings (SSSR count). The summed E-state index contributed by atoms with van der Waals surface area (Å²) in [7, 11) is 0. The van der Waals surface area contributed by atoms with E-state index in [1.54, 1.807) is 18.2 Å². The van der Waals surface area contributed by atoms with Gasteiger partial charge in [-0.1, -0.05) is 30.3 Å². The average Bonchev–Trinajstić information content (AvgIpc) is 2.26. The molecule has 0 aliphatic carbocycles. The summed E-state index contributed by atoms with van der Waals surface area (Å²) >= 11 is 1.25. The second-order valence-corrected chi connectivity index (χ2v) is 4.99. The van der Waals surface area contributed by atoms with E-state index in [4.69, 9.17) is 5.73 Å². The van der Waals surface area contributed by atoms with Crippen LogP contribution in [-0.2, 0) is 5.92 Å². The summed E-state index contributed by atoms with van der Waals surface area (Å²) in [5.41, 5.74) is 5.64. The second kappa shape index (κ2) is 6.21. The highest BCUT2D eigenvalue weighted by atomic mass is 32.2. The first kappa shape index (κ1) is 13.5. The maximum absolute atomic E-state index is 13.6. The van der Waals surface area contributed by atoms with Crippen molar-refractivity contribution in [2.24, 2.45) is 5.73 Å². The molecule has 1 aromatic rings. The van der Waals surface area contributed by atoms with E-state index in [2.05, 4.69) is 0 Å². The maximum Gasteiger partial charge on any atom is 0.282 e. The van der Waals surface area contributed by atoms with E-state index in [-0.39, 0.29) is 17.4 Å². The van der Waals surface area contributed by atoms with Crippen molar-refractivity contribution in [2.75, 3.05) is 11.5 Å². The molecule has 0 aliphatic heterocycles. The molecule has 1 atom stereocenters. The van der Waals surface area contributed by atoms with Crippen molar-refractivity contribution < 1.29 is 8.78 Å². The molecule has 4 heteroatoms. The first-order valence-electron chi connectivity index (χ1n) is 5.29. The van der Waals surface area contributed by atoms with E-state index < -0.39 is 5.92 Å². The van der Waals surface area contributed by atoms with Crippen molar-refractivity contribution in [3.05, 3.63) is 35.9 Å². The SMILES string of the molecule is CC(N)CCSCC(F)(F)c1ccccc1. The fourth-order valence-corrected chi connectivity index (χ4v) is 2.34. The van der Waals surface area contributed by atoms with Crippen LogP contribution in [0, 0.1) is 0 Å². The minimum atomic E-state index is -2.75. The van der Waals surface area contributed by atoms with Crippen LogP contribution in [0.4, 0.5) is 8.78 Å². The summed E-state index contributed by atoms with van der Waals surface area (Å²) in [5, 5.41) is 0.